The van der Waals surface area contributed by atoms with Crippen LogP contribution in [0.4, 0.5) is 11.5 Å². The number of para-hydroxylation sites is 1. The second kappa shape index (κ2) is 9.85. The van der Waals surface area contributed by atoms with Gasteiger partial charge in [-0.15, -0.1) is 0 Å². The van der Waals surface area contributed by atoms with Crippen molar-refractivity contribution in [3.05, 3.63) is 83.6 Å². The summed E-state index contributed by atoms with van der Waals surface area (Å²) in [6, 6.07) is 20.3. The molecule has 1 aromatic heterocycles. The molecule has 2 aliphatic heterocycles. The number of aromatic nitrogens is 1. The summed E-state index contributed by atoms with van der Waals surface area (Å²) in [4.78, 5) is 34.3. The van der Waals surface area contributed by atoms with Crippen molar-refractivity contribution in [3.63, 3.8) is 0 Å². The second-order valence-electron chi connectivity index (χ2n) is 8.61. The van der Waals surface area contributed by atoms with Gasteiger partial charge in [0.15, 0.2) is 6.10 Å². The highest BCUT2D eigenvalue weighted by molar-refractivity contribution is 5.98. The zero-order valence-corrected chi connectivity index (χ0v) is 19.2. The molecule has 8 nitrogen and oxygen atoms in total. The van der Waals surface area contributed by atoms with E-state index in [4.69, 9.17) is 4.74 Å². The molecule has 8 heteroatoms. The summed E-state index contributed by atoms with van der Waals surface area (Å²) in [5.74, 6) is 1.07. The number of pyridine rings is 1. The molecule has 1 atom stereocenters. The molecule has 0 radical (unpaired) electrons. The van der Waals surface area contributed by atoms with Crippen LogP contribution in [0.3, 0.4) is 0 Å². The maximum absolute atomic E-state index is 13.3. The lowest BCUT2D eigenvalue weighted by atomic mass is 10.1. The van der Waals surface area contributed by atoms with Gasteiger partial charge in [0.25, 0.3) is 11.8 Å². The molecular formula is C27H25N5O3. The molecule has 2 aliphatic rings. The number of nitrogens with zero attached hydrogens (tertiary/aromatic N) is 4. The third kappa shape index (κ3) is 4.80. The Morgan fingerprint density at radius 2 is 1.91 bits per heavy atom. The number of nitriles is 1. The molecule has 0 saturated carbocycles. The summed E-state index contributed by atoms with van der Waals surface area (Å²) in [5, 5.41) is 12.3. The number of rotatable bonds is 4. The number of fused-ring (bicyclic) bond motifs is 1. The van der Waals surface area contributed by atoms with Crippen LogP contribution >= 0.6 is 0 Å². The van der Waals surface area contributed by atoms with Gasteiger partial charge in [-0.3, -0.25) is 9.59 Å². The zero-order valence-electron chi connectivity index (χ0n) is 19.2. The summed E-state index contributed by atoms with van der Waals surface area (Å²) >= 11 is 0. The molecule has 176 valence electrons. The number of nitrogens with one attached hydrogen (secondary N) is 1. The normalized spacial score (nSPS) is 17.1. The number of anilines is 2. The van der Waals surface area contributed by atoms with Crippen molar-refractivity contribution in [1.82, 2.24) is 9.88 Å². The minimum atomic E-state index is -0.590. The van der Waals surface area contributed by atoms with Gasteiger partial charge in [0.2, 0.25) is 0 Å². The fourth-order valence-corrected chi connectivity index (χ4v) is 4.53. The number of ether oxygens (including phenoxy) is 1. The van der Waals surface area contributed by atoms with Gasteiger partial charge in [-0.1, -0.05) is 24.3 Å². The van der Waals surface area contributed by atoms with Crippen LogP contribution in [-0.4, -0.2) is 54.0 Å². The average molecular weight is 468 g/mol. The Bertz CT molecular complexity index is 1280. The average Bonchev–Trinajstić information content (AvgIpc) is 3.19. The summed E-state index contributed by atoms with van der Waals surface area (Å²) in [7, 11) is 0. The Balaban J connectivity index is 1.23. The van der Waals surface area contributed by atoms with Crippen molar-refractivity contribution >= 4 is 23.3 Å². The van der Waals surface area contributed by atoms with Crippen molar-refractivity contribution in [2.75, 3.05) is 36.4 Å². The van der Waals surface area contributed by atoms with E-state index in [0.717, 1.165) is 24.3 Å². The summed E-state index contributed by atoms with van der Waals surface area (Å²) in [5.41, 5.74) is 2.62. The van der Waals surface area contributed by atoms with E-state index in [1.165, 1.54) is 0 Å². The van der Waals surface area contributed by atoms with Gasteiger partial charge in [0.05, 0.1) is 5.56 Å². The molecule has 1 fully saturated rings. The fourth-order valence-electron chi connectivity index (χ4n) is 4.53. The summed E-state index contributed by atoms with van der Waals surface area (Å²) in [6.45, 7) is 2.43. The van der Waals surface area contributed by atoms with E-state index in [1.54, 1.807) is 42.6 Å². The Morgan fingerprint density at radius 3 is 2.77 bits per heavy atom. The predicted octanol–water partition coefficient (Wildman–Crippen LogP) is 3.25. The van der Waals surface area contributed by atoms with Gasteiger partial charge in [0.1, 0.15) is 17.6 Å². The van der Waals surface area contributed by atoms with Crippen molar-refractivity contribution in [1.29, 1.82) is 5.26 Å². The molecule has 0 spiro atoms. The predicted molar refractivity (Wildman–Crippen MR) is 131 cm³/mol. The van der Waals surface area contributed by atoms with Crippen molar-refractivity contribution in [3.8, 4) is 11.8 Å². The molecule has 2 aromatic carbocycles. The van der Waals surface area contributed by atoms with Crippen molar-refractivity contribution < 1.29 is 14.3 Å². The minimum absolute atomic E-state index is 0.0889. The number of benzene rings is 2. The van der Waals surface area contributed by atoms with Gasteiger partial charge < -0.3 is 19.9 Å². The molecule has 3 heterocycles. The maximum atomic E-state index is 13.3. The lowest BCUT2D eigenvalue weighted by molar-refractivity contribution is -0.122. The first-order valence-corrected chi connectivity index (χ1v) is 11.7. The largest absolute Gasteiger partial charge is 0.480 e. The lowest BCUT2D eigenvalue weighted by Crippen LogP contribution is -2.35. The monoisotopic (exact) mass is 467 g/mol. The molecule has 35 heavy (non-hydrogen) atoms. The van der Waals surface area contributed by atoms with Crippen LogP contribution in [0.15, 0.2) is 66.9 Å². The van der Waals surface area contributed by atoms with Crippen LogP contribution in [0.25, 0.3) is 0 Å². The molecule has 5 rings (SSSR count). The molecule has 2 amide bonds. The first-order chi connectivity index (χ1) is 17.1. The molecule has 1 saturated heterocycles. The molecule has 0 bridgehead atoms. The topological polar surface area (TPSA) is 98.6 Å². The third-order valence-electron chi connectivity index (χ3n) is 6.31. The lowest BCUT2D eigenvalue weighted by Gasteiger charge is -2.23. The second-order valence-corrected chi connectivity index (χ2v) is 8.61. The Hall–Kier alpha value is -4.38. The molecule has 1 unspecified atom stereocenters. The highest BCUT2D eigenvalue weighted by atomic mass is 16.5. The molecular weight excluding hydrogens is 442 g/mol. The highest BCUT2D eigenvalue weighted by Crippen LogP contribution is 2.29. The van der Waals surface area contributed by atoms with Crippen LogP contribution in [0.1, 0.15) is 27.9 Å². The molecule has 3 aromatic rings. The van der Waals surface area contributed by atoms with E-state index in [1.807, 2.05) is 29.2 Å². The number of hydrogen-bond acceptors (Lipinski definition) is 6. The van der Waals surface area contributed by atoms with E-state index in [2.05, 4.69) is 21.3 Å². The SMILES string of the molecule is N#Cc1cccnc1N1CCCN(C(=O)c2cccc(NC(=O)C3Cc4ccccc4O3)c2)CC1. The summed E-state index contributed by atoms with van der Waals surface area (Å²) in [6.07, 6.45) is 2.38. The first kappa shape index (κ1) is 22.4. The standard InChI is InChI=1S/C27H25N5O3/c28-18-21-8-4-11-29-25(21)31-12-5-13-32(15-14-31)27(34)20-7-3-9-22(16-20)30-26(33)24-17-19-6-1-2-10-23(19)35-24/h1-4,6-11,16,24H,5,12-15,17H2,(H,30,33). The summed E-state index contributed by atoms with van der Waals surface area (Å²) < 4.78 is 5.77. The molecule has 1 N–H and O–H groups in total. The number of amides is 2. The Labute approximate surface area is 203 Å². The van der Waals surface area contributed by atoms with Crippen molar-refractivity contribution in [2.45, 2.75) is 18.9 Å². The Morgan fingerprint density at radius 1 is 1.03 bits per heavy atom. The van der Waals surface area contributed by atoms with E-state index >= 15 is 0 Å². The van der Waals surface area contributed by atoms with Gasteiger partial charge >= 0.3 is 0 Å². The van der Waals surface area contributed by atoms with Crippen molar-refractivity contribution in [2.24, 2.45) is 0 Å². The maximum Gasteiger partial charge on any atom is 0.265 e. The van der Waals surface area contributed by atoms with E-state index in [-0.39, 0.29) is 11.8 Å². The Kier molecular flexibility index (Phi) is 6.31. The zero-order chi connectivity index (χ0) is 24.2. The van der Waals surface area contributed by atoms with Crippen LogP contribution in [0.2, 0.25) is 0 Å². The van der Waals surface area contributed by atoms with Crippen LogP contribution in [0.5, 0.6) is 5.75 Å². The van der Waals surface area contributed by atoms with Crippen LogP contribution in [0, 0.1) is 11.3 Å². The van der Waals surface area contributed by atoms with Crippen LogP contribution in [-0.2, 0) is 11.2 Å². The van der Waals surface area contributed by atoms with E-state index in [0.29, 0.717) is 48.7 Å². The van der Waals surface area contributed by atoms with Gasteiger partial charge in [-0.25, -0.2) is 4.98 Å². The quantitative estimate of drug-likeness (QED) is 0.633. The first-order valence-electron chi connectivity index (χ1n) is 11.7. The van der Waals surface area contributed by atoms with E-state index in [9.17, 15) is 14.9 Å². The highest BCUT2D eigenvalue weighted by Gasteiger charge is 2.29. The van der Waals surface area contributed by atoms with E-state index < -0.39 is 6.10 Å². The number of hydrogen-bond donors (Lipinski definition) is 1. The number of carbonyl (C=O) groups is 2. The van der Waals surface area contributed by atoms with Crippen LogP contribution < -0.4 is 15.0 Å². The van der Waals surface area contributed by atoms with Gasteiger partial charge in [-0.05, 0) is 48.4 Å². The molecule has 0 aliphatic carbocycles. The number of carbonyl (C=O) groups excluding carboxylic acids is 2. The fraction of sp³-hybridized carbons (Fsp3) is 0.259. The van der Waals surface area contributed by atoms with Gasteiger partial charge in [-0.2, -0.15) is 5.26 Å². The third-order valence-corrected chi connectivity index (χ3v) is 6.31. The minimum Gasteiger partial charge on any atom is -0.480 e. The van der Waals surface area contributed by atoms with Gasteiger partial charge in [0, 0.05) is 50.0 Å². The smallest absolute Gasteiger partial charge is 0.265 e.